The second-order valence-corrected chi connectivity index (χ2v) is 4.93. The number of nitrogens with one attached hydrogen (secondary N) is 2. The molecular weight excluding hydrogens is 309 g/mol. The van der Waals surface area contributed by atoms with E-state index in [0.29, 0.717) is 23.7 Å². The van der Waals surface area contributed by atoms with Crippen molar-refractivity contribution in [1.82, 2.24) is 15.0 Å². The van der Waals surface area contributed by atoms with E-state index in [9.17, 15) is 9.18 Å². The molecule has 0 saturated carbocycles. The van der Waals surface area contributed by atoms with Gasteiger partial charge in [-0.1, -0.05) is 6.07 Å². The lowest BCUT2D eigenvalue weighted by atomic mass is 10.2. The fourth-order valence-corrected chi connectivity index (χ4v) is 1.95. The molecule has 0 aliphatic carbocycles. The Labute approximate surface area is 137 Å². The Balaban J connectivity index is 1.59. The quantitative estimate of drug-likeness (QED) is 0.755. The number of carbonyl (C=O) groups is 1. The van der Waals surface area contributed by atoms with Crippen molar-refractivity contribution in [2.75, 3.05) is 10.6 Å². The molecule has 3 rings (SSSR count). The second kappa shape index (κ2) is 7.28. The molecule has 0 bridgehead atoms. The van der Waals surface area contributed by atoms with Gasteiger partial charge in [0.05, 0.1) is 17.8 Å². The lowest BCUT2D eigenvalue weighted by Crippen LogP contribution is -2.13. The number of amides is 1. The number of halogens is 1. The van der Waals surface area contributed by atoms with Gasteiger partial charge in [-0.15, -0.1) is 0 Å². The average molecular weight is 323 g/mol. The zero-order chi connectivity index (χ0) is 16.8. The average Bonchev–Trinajstić information content (AvgIpc) is 2.63. The van der Waals surface area contributed by atoms with Crippen LogP contribution in [0.2, 0.25) is 0 Å². The van der Waals surface area contributed by atoms with E-state index in [4.69, 9.17) is 0 Å². The first-order chi connectivity index (χ1) is 11.7. The fraction of sp³-hybridized carbons (Fsp3) is 0.0588. The van der Waals surface area contributed by atoms with Crippen molar-refractivity contribution >= 4 is 17.5 Å². The van der Waals surface area contributed by atoms with Crippen molar-refractivity contribution in [2.45, 2.75) is 6.54 Å². The highest BCUT2D eigenvalue weighted by Crippen LogP contribution is 2.10. The summed E-state index contributed by atoms with van der Waals surface area (Å²) in [4.78, 5) is 24.5. The molecule has 0 fully saturated rings. The summed E-state index contributed by atoms with van der Waals surface area (Å²) < 4.78 is 12.8. The number of hydrogen-bond donors (Lipinski definition) is 2. The van der Waals surface area contributed by atoms with Gasteiger partial charge >= 0.3 is 0 Å². The summed E-state index contributed by atoms with van der Waals surface area (Å²) in [6.45, 7) is 0.488. The van der Waals surface area contributed by atoms with Crippen LogP contribution in [0.5, 0.6) is 0 Å². The van der Waals surface area contributed by atoms with Crippen LogP contribution in [-0.2, 0) is 6.54 Å². The minimum Gasteiger partial charge on any atom is -0.349 e. The molecule has 2 heterocycles. The van der Waals surface area contributed by atoms with Crippen molar-refractivity contribution < 1.29 is 9.18 Å². The monoisotopic (exact) mass is 323 g/mol. The Kier molecular flexibility index (Phi) is 4.71. The third kappa shape index (κ3) is 4.10. The van der Waals surface area contributed by atoms with Crippen molar-refractivity contribution in [3.63, 3.8) is 0 Å². The molecule has 120 valence electrons. The molecule has 0 aliphatic heterocycles. The van der Waals surface area contributed by atoms with E-state index in [2.05, 4.69) is 25.6 Å². The van der Waals surface area contributed by atoms with Crippen molar-refractivity contribution in [3.8, 4) is 0 Å². The normalized spacial score (nSPS) is 10.2. The van der Waals surface area contributed by atoms with Gasteiger partial charge in [0.1, 0.15) is 5.82 Å². The predicted molar refractivity (Wildman–Crippen MR) is 87.9 cm³/mol. The minimum absolute atomic E-state index is 0.308. The summed E-state index contributed by atoms with van der Waals surface area (Å²) in [6, 6.07) is 11.1. The van der Waals surface area contributed by atoms with Crippen LogP contribution in [0.15, 0.2) is 61.1 Å². The number of aromatic nitrogens is 3. The van der Waals surface area contributed by atoms with Crippen LogP contribution in [0.3, 0.4) is 0 Å². The van der Waals surface area contributed by atoms with Gasteiger partial charge in [0.15, 0.2) is 0 Å². The molecule has 0 aliphatic rings. The van der Waals surface area contributed by atoms with Gasteiger partial charge in [-0.05, 0) is 36.4 Å². The summed E-state index contributed by atoms with van der Waals surface area (Å²) in [5, 5.41) is 5.67. The smallest absolute Gasteiger partial charge is 0.258 e. The van der Waals surface area contributed by atoms with Crippen molar-refractivity contribution in [1.29, 1.82) is 0 Å². The number of nitrogens with zero attached hydrogens (tertiary/aromatic N) is 3. The summed E-state index contributed by atoms with van der Waals surface area (Å²) in [7, 11) is 0. The predicted octanol–water partition coefficient (Wildman–Crippen LogP) is 2.88. The Morgan fingerprint density at radius 2 is 1.75 bits per heavy atom. The van der Waals surface area contributed by atoms with Gasteiger partial charge in [-0.25, -0.2) is 14.4 Å². The number of pyridine rings is 1. The Morgan fingerprint density at radius 3 is 2.42 bits per heavy atom. The fourth-order valence-electron chi connectivity index (χ4n) is 1.95. The third-order valence-corrected chi connectivity index (χ3v) is 3.17. The number of carbonyl (C=O) groups excluding carboxylic acids is 1. The van der Waals surface area contributed by atoms with E-state index in [1.807, 2.05) is 18.2 Å². The molecule has 2 N–H and O–H groups in total. The van der Waals surface area contributed by atoms with Gasteiger partial charge in [0, 0.05) is 24.3 Å². The SMILES string of the molecule is O=C(Nc1ccc(F)cc1)c1cnc(NCc2ccccn2)nc1. The maximum absolute atomic E-state index is 12.8. The first-order valence-corrected chi connectivity index (χ1v) is 7.23. The summed E-state index contributed by atoms with van der Waals surface area (Å²) in [5.74, 6) is -0.323. The van der Waals surface area contributed by atoms with E-state index in [1.54, 1.807) is 6.20 Å². The lowest BCUT2D eigenvalue weighted by molar-refractivity contribution is 0.102. The first kappa shape index (κ1) is 15.5. The third-order valence-electron chi connectivity index (χ3n) is 3.17. The number of anilines is 2. The molecule has 24 heavy (non-hydrogen) atoms. The Hall–Kier alpha value is -3.35. The Bertz CT molecular complexity index is 807. The molecule has 3 aromatic rings. The zero-order valence-corrected chi connectivity index (χ0v) is 12.6. The standard InChI is InChI=1S/C17H14FN5O/c18-13-4-6-14(7-5-13)23-16(24)12-9-20-17(21-10-12)22-11-15-3-1-2-8-19-15/h1-10H,11H2,(H,23,24)(H,20,21,22). The summed E-state index contributed by atoms with van der Waals surface area (Å²) in [6.07, 6.45) is 4.56. The van der Waals surface area contributed by atoms with Crippen molar-refractivity contribution in [3.05, 3.63) is 78.1 Å². The van der Waals surface area contributed by atoms with Gasteiger partial charge < -0.3 is 10.6 Å². The maximum Gasteiger partial charge on any atom is 0.258 e. The van der Waals surface area contributed by atoms with Gasteiger partial charge in [0.25, 0.3) is 5.91 Å². The lowest BCUT2D eigenvalue weighted by Gasteiger charge is -2.06. The second-order valence-electron chi connectivity index (χ2n) is 4.93. The van der Waals surface area contributed by atoms with E-state index >= 15 is 0 Å². The van der Waals surface area contributed by atoms with Gasteiger partial charge in [-0.2, -0.15) is 0 Å². The van der Waals surface area contributed by atoms with E-state index in [-0.39, 0.29) is 11.7 Å². The Morgan fingerprint density at radius 1 is 1.00 bits per heavy atom. The highest BCUT2D eigenvalue weighted by atomic mass is 19.1. The molecule has 0 spiro atoms. The highest BCUT2D eigenvalue weighted by Gasteiger charge is 2.08. The summed E-state index contributed by atoms with van der Waals surface area (Å²) in [5.41, 5.74) is 1.67. The van der Waals surface area contributed by atoms with E-state index < -0.39 is 0 Å². The summed E-state index contributed by atoms with van der Waals surface area (Å²) >= 11 is 0. The van der Waals surface area contributed by atoms with E-state index in [0.717, 1.165) is 5.69 Å². The largest absolute Gasteiger partial charge is 0.349 e. The molecule has 2 aromatic heterocycles. The molecule has 1 amide bonds. The molecule has 0 saturated heterocycles. The molecule has 0 atom stereocenters. The van der Waals surface area contributed by atoms with Crippen LogP contribution in [0, 0.1) is 5.82 Å². The highest BCUT2D eigenvalue weighted by molar-refractivity contribution is 6.03. The molecule has 0 radical (unpaired) electrons. The topological polar surface area (TPSA) is 79.8 Å². The van der Waals surface area contributed by atoms with Crippen LogP contribution >= 0.6 is 0 Å². The number of rotatable bonds is 5. The first-order valence-electron chi connectivity index (χ1n) is 7.23. The molecule has 7 heteroatoms. The zero-order valence-electron chi connectivity index (χ0n) is 12.6. The minimum atomic E-state index is -0.363. The maximum atomic E-state index is 12.8. The van der Waals surface area contributed by atoms with Crippen molar-refractivity contribution in [2.24, 2.45) is 0 Å². The van der Waals surface area contributed by atoms with Crippen LogP contribution in [0.1, 0.15) is 16.1 Å². The number of benzene rings is 1. The van der Waals surface area contributed by atoms with Crippen LogP contribution in [0.4, 0.5) is 16.0 Å². The van der Waals surface area contributed by atoms with Gasteiger partial charge in [0.2, 0.25) is 5.95 Å². The number of hydrogen-bond acceptors (Lipinski definition) is 5. The van der Waals surface area contributed by atoms with Crippen LogP contribution in [-0.4, -0.2) is 20.9 Å². The molecule has 1 aromatic carbocycles. The van der Waals surface area contributed by atoms with Crippen LogP contribution < -0.4 is 10.6 Å². The molecule has 0 unspecified atom stereocenters. The van der Waals surface area contributed by atoms with E-state index in [1.165, 1.54) is 36.7 Å². The van der Waals surface area contributed by atoms with Gasteiger partial charge in [-0.3, -0.25) is 9.78 Å². The molecular formula is C17H14FN5O. The van der Waals surface area contributed by atoms with Crippen LogP contribution in [0.25, 0.3) is 0 Å². The molecule has 6 nitrogen and oxygen atoms in total.